The van der Waals surface area contributed by atoms with Crippen molar-refractivity contribution in [2.45, 2.75) is 32.9 Å². The van der Waals surface area contributed by atoms with Crippen molar-refractivity contribution in [1.82, 2.24) is 10.3 Å². The van der Waals surface area contributed by atoms with Crippen LogP contribution in [0.1, 0.15) is 39.7 Å². The number of carbonyl (C=O) groups excluding carboxylic acids is 1. The van der Waals surface area contributed by atoms with Gasteiger partial charge in [-0.2, -0.15) is 17.7 Å². The van der Waals surface area contributed by atoms with E-state index in [9.17, 15) is 18.0 Å². The summed E-state index contributed by atoms with van der Waals surface area (Å²) in [6.07, 6.45) is -6.26. The number of pyridine rings is 1. The smallest absolute Gasteiger partial charge is 0.343 e. The largest absolute Gasteiger partial charge is 0.417 e. The summed E-state index contributed by atoms with van der Waals surface area (Å²) in [4.78, 5) is 20.5. The predicted molar refractivity (Wildman–Crippen MR) is 90.9 cm³/mol. The highest BCUT2D eigenvalue weighted by atomic mass is 35.5. The zero-order valence-electron chi connectivity index (χ0n) is 19.2. The van der Waals surface area contributed by atoms with Gasteiger partial charge >= 0.3 is 12.0 Å². The van der Waals surface area contributed by atoms with Crippen LogP contribution in [0.15, 0.2) is 40.3 Å². The van der Waals surface area contributed by atoms with Gasteiger partial charge in [0.2, 0.25) is 11.4 Å². The van der Waals surface area contributed by atoms with E-state index in [-0.39, 0.29) is 34.5 Å². The van der Waals surface area contributed by atoms with Gasteiger partial charge in [-0.05, 0) is 23.5 Å². The van der Waals surface area contributed by atoms with Crippen LogP contribution in [0.2, 0.25) is 5.02 Å². The molecule has 0 radical (unpaired) electrons. The Bertz CT molecular complexity index is 1140. The Hall–Kier alpha value is -2.48. The molecular formula is C17H15ClF3N4O+. The third kappa shape index (κ3) is 3.55. The molecule has 3 rings (SSSR count). The van der Waals surface area contributed by atoms with Crippen LogP contribution in [0.25, 0.3) is 0 Å². The lowest BCUT2D eigenvalue weighted by Crippen LogP contribution is -2.33. The van der Waals surface area contributed by atoms with E-state index in [4.69, 9.17) is 19.8 Å². The predicted octanol–water partition coefficient (Wildman–Crippen LogP) is 3.45. The molecule has 3 heterocycles. The van der Waals surface area contributed by atoms with Gasteiger partial charge in [0, 0.05) is 18.6 Å². The van der Waals surface area contributed by atoms with Crippen LogP contribution in [0, 0.1) is 0 Å². The van der Waals surface area contributed by atoms with Crippen LogP contribution in [-0.4, -0.2) is 27.5 Å². The minimum atomic E-state index is -4.63. The number of aromatic nitrogens is 1. The van der Waals surface area contributed by atoms with Gasteiger partial charge in [0.1, 0.15) is 1.37 Å². The molecule has 1 aromatic heterocycles. The summed E-state index contributed by atoms with van der Waals surface area (Å²) >= 11 is 5.84. The van der Waals surface area contributed by atoms with Gasteiger partial charge in [-0.15, -0.1) is 0 Å². The van der Waals surface area contributed by atoms with E-state index in [0.717, 1.165) is 4.58 Å². The zero-order valence-corrected chi connectivity index (χ0v) is 14.0. The lowest BCUT2D eigenvalue weighted by atomic mass is 10.2. The summed E-state index contributed by atoms with van der Waals surface area (Å²) in [7, 11) is 0. The molecule has 0 spiro atoms. The second-order valence-corrected chi connectivity index (χ2v) is 5.76. The number of nitrogens with zero attached hydrogens (tertiary/aromatic N) is 3. The molecule has 0 fully saturated rings. The molecule has 26 heavy (non-hydrogen) atoms. The lowest BCUT2D eigenvalue weighted by molar-refractivity contribution is -0.337. The third-order valence-electron chi connectivity index (χ3n) is 3.52. The molecule has 5 nitrogen and oxygen atoms in total. The number of amides is 1. The highest BCUT2D eigenvalue weighted by Crippen LogP contribution is 2.31. The van der Waals surface area contributed by atoms with Crippen molar-refractivity contribution >= 4 is 29.5 Å². The maximum absolute atomic E-state index is 12.8. The first-order valence-electron chi connectivity index (χ1n) is 10.3. The van der Waals surface area contributed by atoms with E-state index in [1.807, 2.05) is 0 Å². The molecule has 1 amide bonds. The third-order valence-corrected chi connectivity index (χ3v) is 3.85. The number of nitrogens with one attached hydrogen (secondary N) is 1. The topological polar surface area (TPSA) is 57.4 Å². The van der Waals surface area contributed by atoms with E-state index in [1.165, 1.54) is 6.92 Å². The Labute approximate surface area is 161 Å². The molecular weight excluding hydrogens is 369 g/mol. The summed E-state index contributed by atoms with van der Waals surface area (Å²) in [5, 5.41) is 2.08. The van der Waals surface area contributed by atoms with Gasteiger partial charge in [-0.1, -0.05) is 17.7 Å². The molecule has 1 atom stereocenters. The van der Waals surface area contributed by atoms with Gasteiger partial charge in [0.25, 0.3) is 5.91 Å². The molecule has 136 valence electrons. The SMILES string of the molecule is [2H]C1=C(C([2H])([2H])[2H])C([2H])=[N+]2C(=NC(C)=C2C(=O)NCc2ncc(C(F)(F)F)cc2Cl)C1[2H]. The first-order chi connectivity index (χ1) is 14.6. The molecule has 1 aromatic rings. The Morgan fingerprint density at radius 1 is 1.58 bits per heavy atom. The number of hydrogen-bond acceptors (Lipinski definition) is 3. The Kier molecular flexibility index (Phi) is 3.08. The second-order valence-electron chi connectivity index (χ2n) is 5.35. The molecule has 0 saturated carbocycles. The van der Waals surface area contributed by atoms with Gasteiger partial charge in [-0.3, -0.25) is 9.78 Å². The fraction of sp³-hybridized carbons (Fsp3) is 0.294. The van der Waals surface area contributed by atoms with E-state index in [0.29, 0.717) is 12.3 Å². The second kappa shape index (κ2) is 6.68. The average molecular weight is 390 g/mol. The van der Waals surface area contributed by atoms with Crippen molar-refractivity contribution < 1.29 is 30.8 Å². The summed E-state index contributed by atoms with van der Waals surface area (Å²) in [6, 6.07) is 0.0612. The highest BCUT2D eigenvalue weighted by Gasteiger charge is 2.36. The zero-order chi connectivity index (χ0) is 24.2. The van der Waals surface area contributed by atoms with Crippen molar-refractivity contribution in [3.8, 4) is 0 Å². The van der Waals surface area contributed by atoms with Crippen molar-refractivity contribution in [3.05, 3.63) is 51.6 Å². The van der Waals surface area contributed by atoms with E-state index in [2.05, 4.69) is 15.3 Å². The highest BCUT2D eigenvalue weighted by molar-refractivity contribution is 6.31. The van der Waals surface area contributed by atoms with Crippen molar-refractivity contribution in [3.63, 3.8) is 0 Å². The van der Waals surface area contributed by atoms with Gasteiger partial charge in [0.05, 0.1) is 36.8 Å². The van der Waals surface area contributed by atoms with Crippen molar-refractivity contribution in [2.75, 3.05) is 0 Å². The molecule has 0 aliphatic carbocycles. The fourth-order valence-corrected chi connectivity index (χ4v) is 2.54. The minimum absolute atomic E-state index is 0.0472. The lowest BCUT2D eigenvalue weighted by Gasteiger charge is -2.11. The number of halogens is 4. The number of hydrogen-bond donors (Lipinski definition) is 1. The number of rotatable bonds is 3. The number of allylic oxidation sites excluding steroid dienone is 2. The summed E-state index contributed by atoms with van der Waals surface area (Å²) in [5.41, 5.74) is -1.94. The molecule has 1 unspecified atom stereocenters. The van der Waals surface area contributed by atoms with Gasteiger partial charge in [0.15, 0.2) is 0 Å². The first kappa shape index (κ1) is 12.0. The van der Waals surface area contributed by atoms with Crippen LogP contribution in [0.5, 0.6) is 0 Å². The normalized spacial score (nSPS) is 24.2. The fourth-order valence-electron chi connectivity index (χ4n) is 2.31. The Balaban J connectivity index is 1.90. The number of fused-ring (bicyclic) bond motifs is 1. The van der Waals surface area contributed by atoms with Crippen LogP contribution in [-0.2, 0) is 17.5 Å². The van der Waals surface area contributed by atoms with Crippen molar-refractivity contribution in [2.24, 2.45) is 4.99 Å². The van der Waals surface area contributed by atoms with Crippen LogP contribution in [0.4, 0.5) is 13.2 Å². The van der Waals surface area contributed by atoms with Crippen LogP contribution >= 0.6 is 11.6 Å². The Morgan fingerprint density at radius 3 is 3.00 bits per heavy atom. The standard InChI is InChI=1S/C17H14ClF3N4O/c1-9-3-4-14-24-10(2)15(25(14)8-9)16(26)23-7-13-12(18)5-11(6-22-13)17(19,20)21/h3,5-6,8H,4,7H2,1-2H3/p+1/i1D3,3D,4D,8D. The quantitative estimate of drug-likeness (QED) is 0.805. The minimum Gasteiger partial charge on any atom is -0.343 e. The summed E-state index contributed by atoms with van der Waals surface area (Å²) in [5.74, 6) is -1.00. The maximum Gasteiger partial charge on any atom is 0.417 e. The van der Waals surface area contributed by atoms with E-state index >= 15 is 0 Å². The van der Waals surface area contributed by atoms with Gasteiger partial charge < -0.3 is 5.32 Å². The molecule has 1 N–H and O–H groups in total. The number of carbonyl (C=O) groups is 1. The average Bonchev–Trinajstić information content (AvgIpc) is 3.01. The van der Waals surface area contributed by atoms with Crippen LogP contribution < -0.4 is 5.32 Å². The molecule has 0 bridgehead atoms. The number of amidine groups is 1. The molecule has 0 aromatic carbocycles. The van der Waals surface area contributed by atoms with E-state index < -0.39 is 48.7 Å². The first-order valence-corrected chi connectivity index (χ1v) is 7.59. The Morgan fingerprint density at radius 2 is 2.35 bits per heavy atom. The molecule has 0 saturated heterocycles. The molecule has 9 heteroatoms. The van der Waals surface area contributed by atoms with E-state index in [1.54, 1.807) is 0 Å². The summed E-state index contributed by atoms with van der Waals surface area (Å²) in [6.45, 7) is -1.82. The monoisotopic (exact) mass is 389 g/mol. The number of alkyl halides is 3. The van der Waals surface area contributed by atoms with Gasteiger partial charge in [-0.25, -0.2) is 0 Å². The summed E-state index contributed by atoms with van der Waals surface area (Å²) < 4.78 is 86.2. The molecule has 2 aliphatic rings. The maximum atomic E-state index is 12.8. The molecule has 2 aliphatic heterocycles. The number of aliphatic imine (C=N–C) groups is 1. The van der Waals surface area contributed by atoms with Crippen LogP contribution in [0.3, 0.4) is 0 Å². The van der Waals surface area contributed by atoms with Crippen molar-refractivity contribution in [1.29, 1.82) is 0 Å².